The number of aliphatic hydroxyl groups excluding tert-OH is 1. The van der Waals surface area contributed by atoms with Gasteiger partial charge >= 0.3 is 0 Å². The van der Waals surface area contributed by atoms with Gasteiger partial charge in [0.2, 0.25) is 0 Å². The molecule has 4 N–H and O–H groups in total. The fourth-order valence-corrected chi connectivity index (χ4v) is 0.558. The monoisotopic (exact) mass is 142 g/mol. The van der Waals surface area contributed by atoms with E-state index in [0.717, 1.165) is 18.5 Å². The maximum absolute atomic E-state index is 8.60. The number of aliphatic hydroxyl groups is 1. The van der Waals surface area contributed by atoms with Gasteiger partial charge in [0.05, 0.1) is 0 Å². The second-order valence-corrected chi connectivity index (χ2v) is 2.02. The van der Waals surface area contributed by atoms with Crippen molar-refractivity contribution >= 4 is 0 Å². The molecule has 0 saturated heterocycles. The molecule has 3 heteroatoms. The third-order valence-corrected chi connectivity index (χ3v) is 1.00. The van der Waals surface area contributed by atoms with Gasteiger partial charge in [0.1, 0.15) is 0 Å². The third kappa shape index (κ3) is 5.34. The van der Waals surface area contributed by atoms with Crippen molar-refractivity contribution in [1.82, 2.24) is 5.32 Å². The molecule has 0 radical (unpaired) electrons. The zero-order valence-electron chi connectivity index (χ0n) is 6.01. The third-order valence-electron chi connectivity index (χ3n) is 1.00. The van der Waals surface area contributed by atoms with Gasteiger partial charge in [-0.2, -0.15) is 0 Å². The van der Waals surface area contributed by atoms with Crippen LogP contribution in [0.5, 0.6) is 0 Å². The molecule has 0 rings (SSSR count). The molecule has 0 fully saturated rings. The highest BCUT2D eigenvalue weighted by atomic mass is 16.3. The van der Waals surface area contributed by atoms with E-state index in [-0.39, 0.29) is 0 Å². The van der Waals surface area contributed by atoms with Gasteiger partial charge in [0, 0.05) is 5.70 Å². The van der Waals surface area contributed by atoms with Gasteiger partial charge in [-0.05, 0) is 12.8 Å². The molecule has 0 aliphatic heterocycles. The normalized spacial score (nSPS) is 12.2. The minimum absolute atomic E-state index is 0.731. The minimum atomic E-state index is -1.00. The SMILES string of the molecule is C=CCCC(=C)NC(N)O. The van der Waals surface area contributed by atoms with Crippen LogP contribution < -0.4 is 11.1 Å². The van der Waals surface area contributed by atoms with Crippen molar-refractivity contribution in [3.8, 4) is 0 Å². The molecule has 0 aromatic heterocycles. The number of hydrogen-bond acceptors (Lipinski definition) is 3. The van der Waals surface area contributed by atoms with Crippen LogP contribution in [0.25, 0.3) is 0 Å². The van der Waals surface area contributed by atoms with Gasteiger partial charge in [-0.3, -0.25) is 5.73 Å². The Hall–Kier alpha value is -0.800. The van der Waals surface area contributed by atoms with E-state index in [9.17, 15) is 0 Å². The molecule has 1 unspecified atom stereocenters. The molecule has 0 bridgehead atoms. The maximum atomic E-state index is 8.60. The molecule has 0 heterocycles. The Balaban J connectivity index is 3.34. The topological polar surface area (TPSA) is 58.3 Å². The first kappa shape index (κ1) is 9.20. The van der Waals surface area contributed by atoms with E-state index in [0.29, 0.717) is 0 Å². The molecule has 0 amide bonds. The molecule has 58 valence electrons. The lowest BCUT2D eigenvalue weighted by Gasteiger charge is -2.09. The molecule has 0 spiro atoms. The molecule has 0 aromatic carbocycles. The van der Waals surface area contributed by atoms with Crippen LogP contribution in [0.4, 0.5) is 0 Å². The number of nitrogens with one attached hydrogen (secondary N) is 1. The van der Waals surface area contributed by atoms with Crippen LogP contribution in [0, 0.1) is 0 Å². The Labute approximate surface area is 61.2 Å². The second-order valence-electron chi connectivity index (χ2n) is 2.02. The van der Waals surface area contributed by atoms with Crippen molar-refractivity contribution in [2.24, 2.45) is 5.73 Å². The molecule has 0 aromatic rings. The predicted octanol–water partition coefficient (Wildman–Crippen LogP) is 0.291. The zero-order valence-corrected chi connectivity index (χ0v) is 6.01. The summed E-state index contributed by atoms with van der Waals surface area (Å²) in [5.74, 6) is 0. The molecule has 10 heavy (non-hydrogen) atoms. The van der Waals surface area contributed by atoms with Crippen molar-refractivity contribution < 1.29 is 5.11 Å². The number of nitrogens with two attached hydrogens (primary N) is 1. The van der Waals surface area contributed by atoms with E-state index in [4.69, 9.17) is 10.8 Å². The number of hydrogen-bond donors (Lipinski definition) is 3. The minimum Gasteiger partial charge on any atom is -0.361 e. The van der Waals surface area contributed by atoms with Crippen LogP contribution in [0.2, 0.25) is 0 Å². The Morgan fingerprint density at radius 3 is 2.80 bits per heavy atom. The fourth-order valence-electron chi connectivity index (χ4n) is 0.558. The summed E-state index contributed by atoms with van der Waals surface area (Å²) < 4.78 is 0. The molecule has 3 nitrogen and oxygen atoms in total. The Morgan fingerprint density at radius 2 is 2.40 bits per heavy atom. The lowest BCUT2D eigenvalue weighted by Crippen LogP contribution is -2.35. The van der Waals surface area contributed by atoms with Gasteiger partial charge in [-0.25, -0.2) is 0 Å². The largest absolute Gasteiger partial charge is 0.361 e. The number of allylic oxidation sites excluding steroid dienone is 2. The van der Waals surface area contributed by atoms with E-state index in [2.05, 4.69) is 18.5 Å². The summed E-state index contributed by atoms with van der Waals surface area (Å²) in [5, 5.41) is 11.2. The highest BCUT2D eigenvalue weighted by Crippen LogP contribution is 1.97. The maximum Gasteiger partial charge on any atom is 0.178 e. The van der Waals surface area contributed by atoms with Crippen LogP contribution in [0.15, 0.2) is 24.9 Å². The average Bonchev–Trinajstić information content (AvgIpc) is 1.82. The van der Waals surface area contributed by atoms with Crippen molar-refractivity contribution in [2.75, 3.05) is 0 Å². The Morgan fingerprint density at radius 1 is 1.80 bits per heavy atom. The van der Waals surface area contributed by atoms with Gasteiger partial charge < -0.3 is 10.4 Å². The smallest absolute Gasteiger partial charge is 0.178 e. The van der Waals surface area contributed by atoms with E-state index >= 15 is 0 Å². The van der Waals surface area contributed by atoms with Crippen LogP contribution >= 0.6 is 0 Å². The molecule has 0 aliphatic carbocycles. The van der Waals surface area contributed by atoms with Crippen LogP contribution in [-0.4, -0.2) is 11.5 Å². The summed E-state index contributed by atoms with van der Waals surface area (Å²) in [7, 11) is 0. The predicted molar refractivity (Wildman–Crippen MR) is 41.9 cm³/mol. The van der Waals surface area contributed by atoms with Crippen LogP contribution in [-0.2, 0) is 0 Å². The van der Waals surface area contributed by atoms with E-state index in [1.807, 2.05) is 0 Å². The average molecular weight is 142 g/mol. The quantitative estimate of drug-likeness (QED) is 0.382. The summed E-state index contributed by atoms with van der Waals surface area (Å²) in [5.41, 5.74) is 5.75. The molecule has 1 atom stereocenters. The standard InChI is InChI=1S/C7H14N2O/c1-3-4-5-6(2)9-7(8)10/h3,7,9-10H,1-2,4-5,8H2. The fraction of sp³-hybridized carbons (Fsp3) is 0.429. The van der Waals surface area contributed by atoms with Gasteiger partial charge in [0.25, 0.3) is 0 Å². The van der Waals surface area contributed by atoms with Crippen molar-refractivity contribution in [2.45, 2.75) is 19.2 Å². The summed E-state index contributed by atoms with van der Waals surface area (Å²) in [6.45, 7) is 7.18. The molecule has 0 saturated carbocycles. The first-order valence-corrected chi connectivity index (χ1v) is 3.15. The van der Waals surface area contributed by atoms with Gasteiger partial charge in [-0.15, -0.1) is 6.58 Å². The van der Waals surface area contributed by atoms with Crippen molar-refractivity contribution in [3.63, 3.8) is 0 Å². The van der Waals surface area contributed by atoms with E-state index < -0.39 is 6.35 Å². The van der Waals surface area contributed by atoms with E-state index in [1.165, 1.54) is 0 Å². The van der Waals surface area contributed by atoms with E-state index in [1.54, 1.807) is 6.08 Å². The Kier molecular flexibility index (Phi) is 4.62. The second kappa shape index (κ2) is 5.02. The zero-order chi connectivity index (χ0) is 7.98. The summed E-state index contributed by atoms with van der Waals surface area (Å²) in [4.78, 5) is 0. The number of rotatable bonds is 5. The summed E-state index contributed by atoms with van der Waals surface area (Å²) in [6.07, 6.45) is 2.39. The first-order valence-electron chi connectivity index (χ1n) is 3.15. The Bertz CT molecular complexity index is 121. The van der Waals surface area contributed by atoms with Gasteiger partial charge in [0.15, 0.2) is 6.35 Å². The lowest BCUT2D eigenvalue weighted by molar-refractivity contribution is 0.155. The first-order chi connectivity index (χ1) is 4.66. The van der Waals surface area contributed by atoms with Crippen molar-refractivity contribution in [3.05, 3.63) is 24.9 Å². The molecular formula is C7H14N2O. The molecular weight excluding hydrogens is 128 g/mol. The summed E-state index contributed by atoms with van der Waals surface area (Å²) in [6, 6.07) is 0. The van der Waals surface area contributed by atoms with Crippen LogP contribution in [0.1, 0.15) is 12.8 Å². The van der Waals surface area contributed by atoms with Crippen LogP contribution in [0.3, 0.4) is 0 Å². The molecule has 0 aliphatic rings. The highest BCUT2D eigenvalue weighted by Gasteiger charge is 1.94. The van der Waals surface area contributed by atoms with Crippen molar-refractivity contribution in [1.29, 1.82) is 0 Å². The highest BCUT2D eigenvalue weighted by molar-refractivity contribution is 4.92. The van der Waals surface area contributed by atoms with Gasteiger partial charge in [-0.1, -0.05) is 12.7 Å². The summed E-state index contributed by atoms with van der Waals surface area (Å²) >= 11 is 0. The lowest BCUT2D eigenvalue weighted by atomic mass is 10.2.